The summed E-state index contributed by atoms with van der Waals surface area (Å²) in [6.07, 6.45) is 0. The molecule has 138 valence electrons. The lowest BCUT2D eigenvalue weighted by atomic mass is 10.1. The molecule has 2 aromatic carbocycles. The van der Waals surface area contributed by atoms with Crippen molar-refractivity contribution < 1.29 is 14.3 Å². The summed E-state index contributed by atoms with van der Waals surface area (Å²) in [6.45, 7) is 3.30. The van der Waals surface area contributed by atoms with E-state index >= 15 is 0 Å². The summed E-state index contributed by atoms with van der Waals surface area (Å²) in [6, 6.07) is 15.2. The van der Waals surface area contributed by atoms with E-state index in [1.54, 1.807) is 16.7 Å². The van der Waals surface area contributed by atoms with Crippen LogP contribution in [0.25, 0.3) is 5.69 Å². The zero-order valence-electron chi connectivity index (χ0n) is 15.3. The van der Waals surface area contributed by atoms with Gasteiger partial charge in [-0.05, 0) is 37.3 Å². The second-order valence-corrected chi connectivity index (χ2v) is 6.27. The Morgan fingerprint density at radius 2 is 1.93 bits per heavy atom. The highest BCUT2D eigenvalue weighted by atomic mass is 16.5. The van der Waals surface area contributed by atoms with E-state index < -0.39 is 0 Å². The minimum atomic E-state index is -0.176. The van der Waals surface area contributed by atoms with Crippen LogP contribution in [0.1, 0.15) is 21.7 Å². The molecule has 3 aromatic rings. The molecule has 1 aliphatic heterocycles. The molecule has 0 saturated heterocycles. The lowest BCUT2D eigenvalue weighted by molar-refractivity contribution is 0.0960. The van der Waals surface area contributed by atoms with Gasteiger partial charge < -0.3 is 14.4 Å². The molecule has 0 radical (unpaired) electrons. The zero-order valence-corrected chi connectivity index (χ0v) is 15.3. The van der Waals surface area contributed by atoms with Gasteiger partial charge in [0.25, 0.3) is 5.91 Å². The summed E-state index contributed by atoms with van der Waals surface area (Å²) >= 11 is 0. The highest BCUT2D eigenvalue weighted by molar-refractivity contribution is 6.06. The molecule has 27 heavy (non-hydrogen) atoms. The van der Waals surface area contributed by atoms with E-state index in [0.717, 1.165) is 22.7 Å². The maximum atomic E-state index is 13.2. The summed E-state index contributed by atoms with van der Waals surface area (Å²) in [5.41, 5.74) is 3.69. The number of amides is 1. The van der Waals surface area contributed by atoms with Crippen molar-refractivity contribution in [2.45, 2.75) is 13.5 Å². The Morgan fingerprint density at radius 1 is 1.15 bits per heavy atom. The molecule has 0 saturated carbocycles. The van der Waals surface area contributed by atoms with Gasteiger partial charge >= 0.3 is 0 Å². The van der Waals surface area contributed by atoms with Crippen LogP contribution in [0.3, 0.4) is 0 Å². The zero-order chi connectivity index (χ0) is 18.8. The average Bonchev–Trinajstić information content (AvgIpc) is 2.96. The summed E-state index contributed by atoms with van der Waals surface area (Å²) < 4.78 is 12.5. The van der Waals surface area contributed by atoms with Crippen molar-refractivity contribution in [3.05, 3.63) is 65.5 Å². The maximum Gasteiger partial charge on any atom is 0.280 e. The van der Waals surface area contributed by atoms with Gasteiger partial charge in [0.15, 0.2) is 5.69 Å². The molecule has 0 fully saturated rings. The van der Waals surface area contributed by atoms with Crippen molar-refractivity contribution in [2.75, 3.05) is 25.2 Å². The van der Waals surface area contributed by atoms with Crippen molar-refractivity contribution in [3.8, 4) is 11.4 Å². The van der Waals surface area contributed by atoms with Crippen LogP contribution in [0.4, 0.5) is 5.69 Å². The van der Waals surface area contributed by atoms with Gasteiger partial charge in [0.2, 0.25) is 0 Å². The molecule has 4 rings (SSSR count). The van der Waals surface area contributed by atoms with Crippen molar-refractivity contribution in [1.82, 2.24) is 15.0 Å². The molecule has 0 N–H and O–H groups in total. The highest BCUT2D eigenvalue weighted by Gasteiger charge is 2.27. The molecular weight excluding hydrogens is 344 g/mol. The topological polar surface area (TPSA) is 69.5 Å². The third-order valence-corrected chi connectivity index (χ3v) is 4.66. The largest absolute Gasteiger partial charge is 0.497 e. The third-order valence-electron chi connectivity index (χ3n) is 4.66. The molecule has 7 nitrogen and oxygen atoms in total. The van der Waals surface area contributed by atoms with Gasteiger partial charge in [0, 0.05) is 17.8 Å². The average molecular weight is 364 g/mol. The van der Waals surface area contributed by atoms with Gasteiger partial charge in [0.05, 0.1) is 31.7 Å². The van der Waals surface area contributed by atoms with Gasteiger partial charge in [-0.15, -0.1) is 5.10 Å². The standard InChI is InChI=1S/C20H20N4O3/c1-14-19(21-22-24(14)16-7-9-17(26-2)10-8-16)20(25)23-11-12-27-13-15-5-3-4-6-18(15)23/h3-10H,11-13H2,1-2H3. The first-order valence-electron chi connectivity index (χ1n) is 8.73. The molecule has 1 amide bonds. The second kappa shape index (κ2) is 7.20. The Morgan fingerprint density at radius 3 is 2.70 bits per heavy atom. The number of anilines is 1. The number of nitrogens with zero attached hydrogens (tertiary/aromatic N) is 4. The summed E-state index contributed by atoms with van der Waals surface area (Å²) in [5.74, 6) is 0.583. The fourth-order valence-corrected chi connectivity index (χ4v) is 3.19. The molecule has 0 spiro atoms. The van der Waals surface area contributed by atoms with Gasteiger partial charge in [-0.25, -0.2) is 4.68 Å². The van der Waals surface area contributed by atoms with Crippen LogP contribution in [0, 0.1) is 6.92 Å². The van der Waals surface area contributed by atoms with Crippen LogP contribution in [0.2, 0.25) is 0 Å². The quantitative estimate of drug-likeness (QED) is 0.715. The first-order chi connectivity index (χ1) is 13.2. The Hall–Kier alpha value is -3.19. The Bertz CT molecular complexity index is 966. The number of para-hydroxylation sites is 1. The first kappa shape index (κ1) is 17.2. The number of fused-ring (bicyclic) bond motifs is 1. The van der Waals surface area contributed by atoms with E-state index in [9.17, 15) is 4.79 Å². The highest BCUT2D eigenvalue weighted by Crippen LogP contribution is 2.26. The molecule has 0 unspecified atom stereocenters. The van der Waals surface area contributed by atoms with Crippen molar-refractivity contribution >= 4 is 11.6 Å². The number of ether oxygens (including phenoxy) is 2. The van der Waals surface area contributed by atoms with E-state index in [4.69, 9.17) is 9.47 Å². The van der Waals surface area contributed by atoms with Crippen molar-refractivity contribution in [2.24, 2.45) is 0 Å². The van der Waals surface area contributed by atoms with Crippen molar-refractivity contribution in [1.29, 1.82) is 0 Å². The minimum Gasteiger partial charge on any atom is -0.497 e. The summed E-state index contributed by atoms with van der Waals surface area (Å²) in [4.78, 5) is 14.9. The van der Waals surface area contributed by atoms with E-state index in [2.05, 4.69) is 10.3 Å². The Labute approximate surface area is 157 Å². The molecule has 1 aromatic heterocycles. The second-order valence-electron chi connectivity index (χ2n) is 6.27. The smallest absolute Gasteiger partial charge is 0.280 e. The molecule has 1 aliphatic rings. The number of hydrogen-bond donors (Lipinski definition) is 0. The fraction of sp³-hybridized carbons (Fsp3) is 0.250. The minimum absolute atomic E-state index is 0.176. The SMILES string of the molecule is COc1ccc(-n2nnc(C(=O)N3CCOCc4ccccc43)c2C)cc1. The molecule has 0 aliphatic carbocycles. The number of aromatic nitrogens is 3. The lowest BCUT2D eigenvalue weighted by Crippen LogP contribution is -2.34. The molecule has 7 heteroatoms. The van der Waals surface area contributed by atoms with E-state index in [1.165, 1.54) is 0 Å². The van der Waals surface area contributed by atoms with Crippen LogP contribution in [0.5, 0.6) is 5.75 Å². The van der Waals surface area contributed by atoms with Gasteiger partial charge in [-0.1, -0.05) is 23.4 Å². The predicted octanol–water partition coefficient (Wildman–Crippen LogP) is 2.76. The summed E-state index contributed by atoms with van der Waals surface area (Å²) in [5, 5.41) is 8.35. The monoisotopic (exact) mass is 364 g/mol. The van der Waals surface area contributed by atoms with Gasteiger partial charge in [-0.3, -0.25) is 4.79 Å². The number of carbonyl (C=O) groups is 1. The van der Waals surface area contributed by atoms with Crippen LogP contribution >= 0.6 is 0 Å². The van der Waals surface area contributed by atoms with Crippen LogP contribution < -0.4 is 9.64 Å². The Kier molecular flexibility index (Phi) is 4.60. The van der Waals surface area contributed by atoms with Gasteiger partial charge in [-0.2, -0.15) is 0 Å². The molecular formula is C20H20N4O3. The van der Waals surface area contributed by atoms with E-state index in [1.807, 2.05) is 55.5 Å². The molecule has 0 bridgehead atoms. The van der Waals surface area contributed by atoms with Crippen LogP contribution in [0.15, 0.2) is 48.5 Å². The predicted molar refractivity (Wildman–Crippen MR) is 100 cm³/mol. The van der Waals surface area contributed by atoms with Gasteiger partial charge in [0.1, 0.15) is 5.75 Å². The van der Waals surface area contributed by atoms with Crippen LogP contribution in [-0.4, -0.2) is 41.2 Å². The lowest BCUT2D eigenvalue weighted by Gasteiger charge is -2.21. The maximum absolute atomic E-state index is 13.2. The third kappa shape index (κ3) is 3.17. The number of benzene rings is 2. The normalized spacial score (nSPS) is 13.8. The number of hydrogen-bond acceptors (Lipinski definition) is 5. The van der Waals surface area contributed by atoms with E-state index in [-0.39, 0.29) is 5.91 Å². The Balaban J connectivity index is 1.68. The van der Waals surface area contributed by atoms with E-state index in [0.29, 0.717) is 31.1 Å². The van der Waals surface area contributed by atoms with Crippen molar-refractivity contribution in [3.63, 3.8) is 0 Å². The number of rotatable bonds is 3. The van der Waals surface area contributed by atoms with Crippen LogP contribution in [-0.2, 0) is 11.3 Å². The number of carbonyl (C=O) groups excluding carboxylic acids is 1. The first-order valence-corrected chi connectivity index (χ1v) is 8.73. The number of methoxy groups -OCH3 is 1. The summed E-state index contributed by atoms with van der Waals surface area (Å²) in [7, 11) is 1.62. The molecule has 0 atom stereocenters. The molecule has 2 heterocycles. The fourth-order valence-electron chi connectivity index (χ4n) is 3.19.